The summed E-state index contributed by atoms with van der Waals surface area (Å²) in [6.07, 6.45) is 2.70. The molecule has 15 heavy (non-hydrogen) atoms. The fourth-order valence-corrected chi connectivity index (χ4v) is 1.07. The lowest BCUT2D eigenvalue weighted by atomic mass is 10.1. The standard InChI is InChI=1S/C10H10N2O3/c11-4-3-10(15)8-5-7(12-6-13)1-2-9(8)14/h1-6,14H,11H2,(H,12,13)/b4-3+. The minimum Gasteiger partial charge on any atom is -0.507 e. The van der Waals surface area contributed by atoms with E-state index >= 15 is 0 Å². The van der Waals surface area contributed by atoms with E-state index in [-0.39, 0.29) is 11.3 Å². The molecule has 0 aliphatic rings. The number of phenolic OH excluding ortho intramolecular Hbond substituents is 1. The molecule has 0 saturated heterocycles. The summed E-state index contributed by atoms with van der Waals surface area (Å²) in [5.74, 6) is -0.584. The van der Waals surface area contributed by atoms with Crippen molar-refractivity contribution in [1.82, 2.24) is 0 Å². The molecule has 0 fully saturated rings. The molecule has 4 N–H and O–H groups in total. The maximum atomic E-state index is 11.4. The highest BCUT2D eigenvalue weighted by Gasteiger charge is 2.08. The lowest BCUT2D eigenvalue weighted by molar-refractivity contribution is -0.105. The van der Waals surface area contributed by atoms with Gasteiger partial charge in [0, 0.05) is 11.8 Å². The Kier molecular flexibility index (Phi) is 3.45. The van der Waals surface area contributed by atoms with Gasteiger partial charge in [-0.1, -0.05) is 0 Å². The number of allylic oxidation sites excluding steroid dienone is 1. The number of phenols is 1. The van der Waals surface area contributed by atoms with Crippen molar-refractivity contribution in [2.24, 2.45) is 5.73 Å². The smallest absolute Gasteiger partial charge is 0.211 e. The van der Waals surface area contributed by atoms with Gasteiger partial charge in [0.25, 0.3) is 0 Å². The van der Waals surface area contributed by atoms with Crippen LogP contribution in [0.5, 0.6) is 5.75 Å². The number of nitrogens with one attached hydrogen (secondary N) is 1. The van der Waals surface area contributed by atoms with Gasteiger partial charge in [-0.2, -0.15) is 0 Å². The number of aromatic hydroxyl groups is 1. The van der Waals surface area contributed by atoms with Gasteiger partial charge in [0.15, 0.2) is 5.78 Å². The van der Waals surface area contributed by atoms with E-state index in [4.69, 9.17) is 5.73 Å². The van der Waals surface area contributed by atoms with Crippen molar-refractivity contribution >= 4 is 17.9 Å². The first-order valence-electron chi connectivity index (χ1n) is 4.15. The molecule has 0 aliphatic heterocycles. The Morgan fingerprint density at radius 1 is 1.47 bits per heavy atom. The lowest BCUT2D eigenvalue weighted by Gasteiger charge is -2.03. The molecule has 0 saturated carbocycles. The largest absolute Gasteiger partial charge is 0.507 e. The van der Waals surface area contributed by atoms with Gasteiger partial charge in [-0.15, -0.1) is 0 Å². The average Bonchev–Trinajstić information content (AvgIpc) is 2.21. The first-order chi connectivity index (χ1) is 7.19. The van der Waals surface area contributed by atoms with Gasteiger partial charge in [0.1, 0.15) is 5.75 Å². The number of nitrogens with two attached hydrogens (primary N) is 1. The highest BCUT2D eigenvalue weighted by Crippen LogP contribution is 2.21. The first kappa shape index (κ1) is 10.8. The maximum absolute atomic E-state index is 11.4. The minimum atomic E-state index is -0.426. The molecule has 1 aromatic carbocycles. The van der Waals surface area contributed by atoms with Gasteiger partial charge in [0.05, 0.1) is 5.56 Å². The molecule has 0 aliphatic carbocycles. The fourth-order valence-electron chi connectivity index (χ4n) is 1.07. The fraction of sp³-hybridized carbons (Fsp3) is 0. The van der Waals surface area contributed by atoms with Crippen molar-refractivity contribution in [3.05, 3.63) is 36.0 Å². The van der Waals surface area contributed by atoms with Crippen LogP contribution in [0.2, 0.25) is 0 Å². The normalized spacial score (nSPS) is 10.1. The zero-order valence-corrected chi connectivity index (χ0v) is 7.81. The van der Waals surface area contributed by atoms with E-state index in [1.165, 1.54) is 18.2 Å². The molecule has 78 valence electrons. The number of rotatable bonds is 4. The predicted octanol–water partition coefficient (Wildman–Crippen LogP) is 0.616. The van der Waals surface area contributed by atoms with Crippen LogP contribution in [-0.2, 0) is 4.79 Å². The van der Waals surface area contributed by atoms with E-state index < -0.39 is 5.78 Å². The van der Waals surface area contributed by atoms with Crippen LogP contribution >= 0.6 is 0 Å². The van der Waals surface area contributed by atoms with Gasteiger partial charge >= 0.3 is 0 Å². The van der Waals surface area contributed by atoms with E-state index in [2.05, 4.69) is 5.32 Å². The molecule has 0 unspecified atom stereocenters. The van der Waals surface area contributed by atoms with Gasteiger partial charge in [-0.3, -0.25) is 9.59 Å². The second-order valence-electron chi connectivity index (χ2n) is 2.72. The number of carbonyl (C=O) groups excluding carboxylic acids is 2. The highest BCUT2D eigenvalue weighted by molar-refractivity contribution is 6.07. The summed E-state index contributed by atoms with van der Waals surface area (Å²) in [5.41, 5.74) is 5.57. The van der Waals surface area contributed by atoms with E-state index in [1.54, 1.807) is 0 Å². The third-order valence-electron chi connectivity index (χ3n) is 1.74. The SMILES string of the molecule is N/C=C/C(=O)c1cc(NC=O)ccc1O. The van der Waals surface area contributed by atoms with Crippen molar-refractivity contribution in [2.75, 3.05) is 5.32 Å². The molecule has 0 atom stereocenters. The Bertz CT molecular complexity index is 413. The second-order valence-corrected chi connectivity index (χ2v) is 2.72. The van der Waals surface area contributed by atoms with Crippen LogP contribution in [0, 0.1) is 0 Å². The first-order valence-corrected chi connectivity index (χ1v) is 4.15. The predicted molar refractivity (Wildman–Crippen MR) is 55.5 cm³/mol. The third kappa shape index (κ3) is 2.57. The number of hydrogen-bond donors (Lipinski definition) is 3. The molecule has 5 heteroatoms. The number of benzene rings is 1. The zero-order chi connectivity index (χ0) is 11.3. The third-order valence-corrected chi connectivity index (χ3v) is 1.74. The number of carbonyl (C=O) groups is 2. The van der Waals surface area contributed by atoms with Crippen LogP contribution in [0.3, 0.4) is 0 Å². The number of hydrogen-bond acceptors (Lipinski definition) is 4. The summed E-state index contributed by atoms with van der Waals surface area (Å²) in [6, 6.07) is 4.17. The average molecular weight is 206 g/mol. The molecule has 0 heterocycles. The monoisotopic (exact) mass is 206 g/mol. The molecule has 0 bridgehead atoms. The molecule has 1 aromatic rings. The molecular weight excluding hydrogens is 196 g/mol. The minimum absolute atomic E-state index is 0.0866. The molecule has 0 aromatic heterocycles. The van der Waals surface area contributed by atoms with Gasteiger partial charge in [-0.25, -0.2) is 0 Å². The molecule has 1 rings (SSSR count). The van der Waals surface area contributed by atoms with Crippen LogP contribution in [0.25, 0.3) is 0 Å². The Morgan fingerprint density at radius 3 is 2.80 bits per heavy atom. The second kappa shape index (κ2) is 4.80. The van der Waals surface area contributed by atoms with Crippen LogP contribution in [0.1, 0.15) is 10.4 Å². The van der Waals surface area contributed by atoms with Crippen LogP contribution < -0.4 is 11.1 Å². The van der Waals surface area contributed by atoms with Crippen molar-refractivity contribution in [2.45, 2.75) is 0 Å². The van der Waals surface area contributed by atoms with Gasteiger partial charge in [0.2, 0.25) is 6.41 Å². The van der Waals surface area contributed by atoms with E-state index in [0.717, 1.165) is 12.3 Å². The number of ketones is 1. The Balaban J connectivity index is 3.09. The number of amides is 1. The summed E-state index contributed by atoms with van der Waals surface area (Å²) < 4.78 is 0. The van der Waals surface area contributed by atoms with Crippen molar-refractivity contribution in [3.8, 4) is 5.75 Å². The lowest BCUT2D eigenvalue weighted by Crippen LogP contribution is -1.99. The Labute approximate surface area is 86.2 Å². The molecule has 0 spiro atoms. The van der Waals surface area contributed by atoms with E-state index in [1.807, 2.05) is 0 Å². The molecule has 0 radical (unpaired) electrons. The quantitative estimate of drug-likeness (QED) is 0.291. The van der Waals surface area contributed by atoms with Crippen LogP contribution in [0.4, 0.5) is 5.69 Å². The summed E-state index contributed by atoms with van der Waals surface area (Å²) in [4.78, 5) is 21.6. The molecule has 1 amide bonds. The number of anilines is 1. The summed E-state index contributed by atoms with van der Waals surface area (Å²) in [6.45, 7) is 0. The molecular formula is C10H10N2O3. The van der Waals surface area contributed by atoms with E-state index in [9.17, 15) is 14.7 Å². The Hall–Kier alpha value is -2.30. The Morgan fingerprint density at radius 2 is 2.20 bits per heavy atom. The maximum Gasteiger partial charge on any atom is 0.211 e. The van der Waals surface area contributed by atoms with Crippen molar-refractivity contribution < 1.29 is 14.7 Å². The highest BCUT2D eigenvalue weighted by atomic mass is 16.3. The van der Waals surface area contributed by atoms with Gasteiger partial charge < -0.3 is 16.2 Å². The van der Waals surface area contributed by atoms with Gasteiger partial charge in [-0.05, 0) is 24.4 Å². The van der Waals surface area contributed by atoms with Crippen molar-refractivity contribution in [3.63, 3.8) is 0 Å². The summed E-state index contributed by atoms with van der Waals surface area (Å²) in [5, 5.41) is 11.8. The van der Waals surface area contributed by atoms with Crippen LogP contribution in [0.15, 0.2) is 30.5 Å². The van der Waals surface area contributed by atoms with Crippen molar-refractivity contribution in [1.29, 1.82) is 0 Å². The summed E-state index contributed by atoms with van der Waals surface area (Å²) in [7, 11) is 0. The van der Waals surface area contributed by atoms with E-state index in [0.29, 0.717) is 12.1 Å². The molecule has 5 nitrogen and oxygen atoms in total. The topological polar surface area (TPSA) is 92.4 Å². The van der Waals surface area contributed by atoms with Crippen LogP contribution in [-0.4, -0.2) is 17.3 Å². The summed E-state index contributed by atoms with van der Waals surface area (Å²) >= 11 is 0. The zero-order valence-electron chi connectivity index (χ0n) is 7.81.